The van der Waals surface area contributed by atoms with Crippen molar-refractivity contribution in [3.8, 4) is 0 Å². The first-order chi connectivity index (χ1) is 4.29. The Morgan fingerprint density at radius 2 is 2.44 bits per heavy atom. The summed E-state index contributed by atoms with van der Waals surface area (Å²) >= 11 is 0. The molecule has 0 aliphatic carbocycles. The van der Waals surface area contributed by atoms with Crippen LogP contribution in [0.25, 0.3) is 0 Å². The van der Waals surface area contributed by atoms with Crippen LogP contribution >= 0.6 is 0 Å². The van der Waals surface area contributed by atoms with Crippen molar-refractivity contribution in [2.24, 2.45) is 0 Å². The molecule has 52 valence electrons. The minimum Gasteiger partial charge on any atom is -0.391 e. The zero-order valence-corrected chi connectivity index (χ0v) is 5.26. The molecule has 1 atom stereocenters. The SMILES string of the molecule is O=C1CCC[C@@H](O)CN1. The highest BCUT2D eigenvalue weighted by atomic mass is 16.3. The smallest absolute Gasteiger partial charge is 0.220 e. The van der Waals surface area contributed by atoms with Gasteiger partial charge < -0.3 is 10.4 Å². The molecule has 0 saturated carbocycles. The Morgan fingerprint density at radius 3 is 3.22 bits per heavy atom. The lowest BCUT2D eigenvalue weighted by atomic mass is 10.2. The second-order valence-corrected chi connectivity index (χ2v) is 2.35. The van der Waals surface area contributed by atoms with Gasteiger partial charge in [-0.15, -0.1) is 0 Å². The van der Waals surface area contributed by atoms with Crippen molar-refractivity contribution in [3.63, 3.8) is 0 Å². The number of carbonyl (C=O) groups excluding carboxylic acids is 1. The van der Waals surface area contributed by atoms with Gasteiger partial charge in [-0.25, -0.2) is 0 Å². The number of hydrogen-bond donors (Lipinski definition) is 2. The molecule has 0 bridgehead atoms. The van der Waals surface area contributed by atoms with E-state index in [1.807, 2.05) is 0 Å². The molecule has 3 heteroatoms. The lowest BCUT2D eigenvalue weighted by Crippen LogP contribution is -2.28. The first kappa shape index (κ1) is 6.55. The molecule has 9 heavy (non-hydrogen) atoms. The topological polar surface area (TPSA) is 49.3 Å². The molecule has 0 radical (unpaired) electrons. The van der Waals surface area contributed by atoms with Crippen molar-refractivity contribution in [1.29, 1.82) is 0 Å². The normalized spacial score (nSPS) is 29.0. The summed E-state index contributed by atoms with van der Waals surface area (Å²) in [6, 6.07) is 0. The quantitative estimate of drug-likeness (QED) is 0.469. The van der Waals surface area contributed by atoms with Gasteiger partial charge in [-0.3, -0.25) is 4.79 Å². The molecule has 0 aromatic carbocycles. The van der Waals surface area contributed by atoms with Crippen LogP contribution in [0, 0.1) is 0 Å². The molecule has 1 saturated heterocycles. The fraction of sp³-hybridized carbons (Fsp3) is 0.833. The molecule has 1 fully saturated rings. The van der Waals surface area contributed by atoms with Gasteiger partial charge in [-0.05, 0) is 12.8 Å². The largest absolute Gasteiger partial charge is 0.391 e. The van der Waals surface area contributed by atoms with Gasteiger partial charge >= 0.3 is 0 Å². The van der Waals surface area contributed by atoms with E-state index in [9.17, 15) is 4.79 Å². The monoisotopic (exact) mass is 129 g/mol. The van der Waals surface area contributed by atoms with Gasteiger partial charge in [-0.2, -0.15) is 0 Å². The van der Waals surface area contributed by atoms with Gasteiger partial charge in [0.25, 0.3) is 0 Å². The van der Waals surface area contributed by atoms with E-state index in [0.717, 1.165) is 12.8 Å². The highest BCUT2D eigenvalue weighted by molar-refractivity contribution is 5.76. The summed E-state index contributed by atoms with van der Waals surface area (Å²) in [5, 5.41) is 11.6. The van der Waals surface area contributed by atoms with Crippen molar-refractivity contribution >= 4 is 5.91 Å². The summed E-state index contributed by atoms with van der Waals surface area (Å²) in [6.07, 6.45) is 1.81. The van der Waals surface area contributed by atoms with E-state index >= 15 is 0 Å². The molecule has 1 aliphatic rings. The van der Waals surface area contributed by atoms with Crippen LogP contribution in [0.15, 0.2) is 0 Å². The zero-order valence-electron chi connectivity index (χ0n) is 5.26. The maximum absolute atomic E-state index is 10.6. The average Bonchev–Trinajstić information content (AvgIpc) is 1.97. The Bertz CT molecular complexity index is 114. The summed E-state index contributed by atoms with van der Waals surface area (Å²) in [5.41, 5.74) is 0. The van der Waals surface area contributed by atoms with Crippen molar-refractivity contribution in [2.45, 2.75) is 25.4 Å². The number of aliphatic hydroxyl groups is 1. The Labute approximate surface area is 54.1 Å². The van der Waals surface area contributed by atoms with Gasteiger partial charge in [0.1, 0.15) is 0 Å². The van der Waals surface area contributed by atoms with Crippen molar-refractivity contribution in [3.05, 3.63) is 0 Å². The van der Waals surface area contributed by atoms with E-state index in [4.69, 9.17) is 5.11 Å². The predicted molar refractivity (Wildman–Crippen MR) is 32.9 cm³/mol. The van der Waals surface area contributed by atoms with Gasteiger partial charge in [-0.1, -0.05) is 0 Å². The van der Waals surface area contributed by atoms with Crippen LogP contribution in [-0.4, -0.2) is 23.7 Å². The Balaban J connectivity index is 2.34. The van der Waals surface area contributed by atoms with Crippen LogP contribution in [-0.2, 0) is 4.79 Å². The van der Waals surface area contributed by atoms with Crippen LogP contribution in [0.5, 0.6) is 0 Å². The molecule has 1 rings (SSSR count). The maximum atomic E-state index is 10.6. The fourth-order valence-corrected chi connectivity index (χ4v) is 0.920. The van der Waals surface area contributed by atoms with Gasteiger partial charge in [0.2, 0.25) is 5.91 Å². The molecule has 0 aromatic heterocycles. The van der Waals surface area contributed by atoms with E-state index in [1.54, 1.807) is 0 Å². The van der Waals surface area contributed by atoms with Crippen LogP contribution < -0.4 is 5.32 Å². The minimum absolute atomic E-state index is 0.0616. The van der Waals surface area contributed by atoms with E-state index in [2.05, 4.69) is 5.32 Å². The summed E-state index contributed by atoms with van der Waals surface area (Å²) in [4.78, 5) is 10.6. The molecule has 0 aromatic rings. The molecule has 0 spiro atoms. The molecule has 0 unspecified atom stereocenters. The lowest BCUT2D eigenvalue weighted by Gasteiger charge is -2.03. The minimum atomic E-state index is -0.323. The third-order valence-electron chi connectivity index (χ3n) is 1.48. The molecule has 1 aliphatic heterocycles. The number of aliphatic hydroxyl groups excluding tert-OH is 1. The molecule has 2 N–H and O–H groups in total. The maximum Gasteiger partial charge on any atom is 0.220 e. The van der Waals surface area contributed by atoms with E-state index in [-0.39, 0.29) is 12.0 Å². The first-order valence-corrected chi connectivity index (χ1v) is 3.24. The van der Waals surface area contributed by atoms with Gasteiger partial charge in [0.05, 0.1) is 6.10 Å². The van der Waals surface area contributed by atoms with E-state index in [1.165, 1.54) is 0 Å². The van der Waals surface area contributed by atoms with Crippen LogP contribution in [0.1, 0.15) is 19.3 Å². The summed E-state index contributed by atoms with van der Waals surface area (Å²) in [6.45, 7) is 0.429. The number of β-amino-alcohol motifs (C(OH)–C–C–N with tert-alkyl or cyclic N) is 1. The molecule has 1 amide bonds. The zero-order chi connectivity index (χ0) is 6.69. The highest BCUT2D eigenvalue weighted by Crippen LogP contribution is 2.03. The van der Waals surface area contributed by atoms with Crippen molar-refractivity contribution < 1.29 is 9.90 Å². The third-order valence-corrected chi connectivity index (χ3v) is 1.48. The second-order valence-electron chi connectivity index (χ2n) is 2.35. The van der Waals surface area contributed by atoms with E-state index < -0.39 is 0 Å². The molecule has 1 heterocycles. The molecular formula is C6H11NO2. The summed E-state index contributed by atoms with van der Waals surface area (Å²) < 4.78 is 0. The summed E-state index contributed by atoms with van der Waals surface area (Å²) in [7, 11) is 0. The standard InChI is InChI=1S/C6H11NO2/c8-5-2-1-3-6(9)7-4-5/h5,8H,1-4H2,(H,7,9)/t5-/m1/s1. The number of amides is 1. The Kier molecular flexibility index (Phi) is 2.05. The van der Waals surface area contributed by atoms with Crippen LogP contribution in [0.4, 0.5) is 0 Å². The van der Waals surface area contributed by atoms with Gasteiger partial charge in [0, 0.05) is 13.0 Å². The molecule has 3 nitrogen and oxygen atoms in total. The lowest BCUT2D eigenvalue weighted by molar-refractivity contribution is -0.120. The van der Waals surface area contributed by atoms with Crippen molar-refractivity contribution in [1.82, 2.24) is 5.32 Å². The Morgan fingerprint density at radius 1 is 1.67 bits per heavy atom. The number of rotatable bonds is 0. The third kappa shape index (κ3) is 2.01. The van der Waals surface area contributed by atoms with Gasteiger partial charge in [0.15, 0.2) is 0 Å². The highest BCUT2D eigenvalue weighted by Gasteiger charge is 2.11. The van der Waals surface area contributed by atoms with Crippen LogP contribution in [0.2, 0.25) is 0 Å². The predicted octanol–water partition coefficient (Wildman–Crippen LogP) is -0.353. The average molecular weight is 129 g/mol. The number of hydrogen-bond acceptors (Lipinski definition) is 2. The fourth-order valence-electron chi connectivity index (χ4n) is 0.920. The first-order valence-electron chi connectivity index (χ1n) is 3.24. The second kappa shape index (κ2) is 2.82. The van der Waals surface area contributed by atoms with Crippen molar-refractivity contribution in [2.75, 3.05) is 6.54 Å². The van der Waals surface area contributed by atoms with Crippen LogP contribution in [0.3, 0.4) is 0 Å². The number of nitrogens with one attached hydrogen (secondary N) is 1. The number of carbonyl (C=O) groups is 1. The molecular weight excluding hydrogens is 118 g/mol. The Hall–Kier alpha value is -0.570. The summed E-state index contributed by atoms with van der Waals surface area (Å²) in [5.74, 6) is 0.0616. The van der Waals surface area contributed by atoms with E-state index in [0.29, 0.717) is 13.0 Å².